The fourth-order valence-electron chi connectivity index (χ4n) is 2.64. The molecule has 1 aliphatic rings. The SMILES string of the molecule is COC(=O)c1ccc(C2NCCc3cc(OC)ccc32)s1. The number of carbonyl (C=O) groups excluding carboxylic acids is 1. The van der Waals surface area contributed by atoms with Gasteiger partial charge in [-0.05, 0) is 41.8 Å². The van der Waals surface area contributed by atoms with Crippen LogP contribution in [0, 0.1) is 0 Å². The minimum Gasteiger partial charge on any atom is -0.497 e. The molecule has 1 aromatic carbocycles. The molecule has 1 aromatic heterocycles. The zero-order valence-corrected chi connectivity index (χ0v) is 12.8. The van der Waals surface area contributed by atoms with Crippen molar-refractivity contribution in [1.29, 1.82) is 0 Å². The van der Waals surface area contributed by atoms with Gasteiger partial charge in [0, 0.05) is 11.4 Å². The quantitative estimate of drug-likeness (QED) is 0.886. The number of ether oxygens (including phenoxy) is 2. The molecule has 5 heteroatoms. The van der Waals surface area contributed by atoms with Crippen molar-refractivity contribution in [3.05, 3.63) is 51.2 Å². The lowest BCUT2D eigenvalue weighted by molar-refractivity contribution is 0.0606. The Morgan fingerprint density at radius 3 is 2.90 bits per heavy atom. The molecule has 1 atom stereocenters. The van der Waals surface area contributed by atoms with E-state index < -0.39 is 0 Å². The zero-order valence-electron chi connectivity index (χ0n) is 12.0. The van der Waals surface area contributed by atoms with E-state index in [1.807, 2.05) is 18.2 Å². The lowest BCUT2D eigenvalue weighted by Crippen LogP contribution is -2.29. The molecule has 0 aliphatic carbocycles. The molecule has 1 aliphatic heterocycles. The van der Waals surface area contributed by atoms with E-state index in [-0.39, 0.29) is 12.0 Å². The van der Waals surface area contributed by atoms with Crippen LogP contribution in [0.2, 0.25) is 0 Å². The highest BCUT2D eigenvalue weighted by Crippen LogP contribution is 2.34. The fourth-order valence-corrected chi connectivity index (χ4v) is 3.66. The Labute approximate surface area is 127 Å². The van der Waals surface area contributed by atoms with Crippen LogP contribution in [0.1, 0.15) is 31.7 Å². The normalized spacial score (nSPS) is 17.1. The van der Waals surface area contributed by atoms with Gasteiger partial charge >= 0.3 is 5.97 Å². The van der Waals surface area contributed by atoms with Crippen LogP contribution in [-0.4, -0.2) is 26.7 Å². The Bertz CT molecular complexity index is 665. The predicted molar refractivity (Wildman–Crippen MR) is 82.2 cm³/mol. The van der Waals surface area contributed by atoms with Crippen molar-refractivity contribution in [1.82, 2.24) is 5.32 Å². The zero-order chi connectivity index (χ0) is 14.8. The Hall–Kier alpha value is -1.85. The molecule has 0 saturated heterocycles. The van der Waals surface area contributed by atoms with Crippen LogP contribution in [-0.2, 0) is 11.2 Å². The Morgan fingerprint density at radius 1 is 1.29 bits per heavy atom. The second-order valence-electron chi connectivity index (χ2n) is 4.90. The van der Waals surface area contributed by atoms with E-state index in [1.54, 1.807) is 7.11 Å². The number of hydrogen-bond donors (Lipinski definition) is 1. The van der Waals surface area contributed by atoms with E-state index in [2.05, 4.69) is 17.4 Å². The van der Waals surface area contributed by atoms with Gasteiger partial charge in [0.1, 0.15) is 10.6 Å². The summed E-state index contributed by atoms with van der Waals surface area (Å²) in [5.74, 6) is 0.604. The number of methoxy groups -OCH3 is 2. The number of rotatable bonds is 3. The van der Waals surface area contributed by atoms with Crippen LogP contribution in [0.3, 0.4) is 0 Å². The molecule has 4 nitrogen and oxygen atoms in total. The van der Waals surface area contributed by atoms with Crippen molar-refractivity contribution >= 4 is 17.3 Å². The van der Waals surface area contributed by atoms with Crippen molar-refractivity contribution in [3.63, 3.8) is 0 Å². The Morgan fingerprint density at radius 2 is 2.14 bits per heavy atom. The lowest BCUT2D eigenvalue weighted by atomic mass is 9.93. The molecule has 110 valence electrons. The van der Waals surface area contributed by atoms with E-state index in [4.69, 9.17) is 9.47 Å². The lowest BCUT2D eigenvalue weighted by Gasteiger charge is -2.26. The summed E-state index contributed by atoms with van der Waals surface area (Å²) in [6.45, 7) is 0.913. The molecule has 0 spiro atoms. The average molecular weight is 303 g/mol. The smallest absolute Gasteiger partial charge is 0.348 e. The van der Waals surface area contributed by atoms with E-state index in [0.29, 0.717) is 4.88 Å². The van der Waals surface area contributed by atoms with Gasteiger partial charge in [-0.1, -0.05) is 6.07 Å². The van der Waals surface area contributed by atoms with Gasteiger partial charge in [-0.25, -0.2) is 4.79 Å². The van der Waals surface area contributed by atoms with Gasteiger partial charge in [-0.15, -0.1) is 11.3 Å². The van der Waals surface area contributed by atoms with Crippen molar-refractivity contribution in [2.45, 2.75) is 12.5 Å². The van der Waals surface area contributed by atoms with Gasteiger partial charge in [-0.3, -0.25) is 0 Å². The summed E-state index contributed by atoms with van der Waals surface area (Å²) in [7, 11) is 3.09. The van der Waals surface area contributed by atoms with Gasteiger partial charge in [0.15, 0.2) is 0 Å². The number of fused-ring (bicyclic) bond motifs is 1. The maximum Gasteiger partial charge on any atom is 0.348 e. The number of thiophene rings is 1. The monoisotopic (exact) mass is 303 g/mol. The summed E-state index contributed by atoms with van der Waals surface area (Å²) in [5.41, 5.74) is 2.55. The third-order valence-electron chi connectivity index (χ3n) is 3.70. The van der Waals surface area contributed by atoms with E-state index in [1.165, 1.54) is 29.6 Å². The molecule has 2 heterocycles. The van der Waals surface area contributed by atoms with Crippen LogP contribution < -0.4 is 10.1 Å². The number of esters is 1. The Kier molecular flexibility index (Phi) is 3.94. The molecule has 0 fully saturated rings. The summed E-state index contributed by atoms with van der Waals surface area (Å²) in [5, 5.41) is 3.52. The topological polar surface area (TPSA) is 47.6 Å². The minimum atomic E-state index is -0.281. The molecule has 3 rings (SSSR count). The maximum atomic E-state index is 11.6. The summed E-state index contributed by atoms with van der Waals surface area (Å²) >= 11 is 1.48. The minimum absolute atomic E-state index is 0.128. The van der Waals surface area contributed by atoms with Crippen molar-refractivity contribution < 1.29 is 14.3 Å². The predicted octanol–water partition coefficient (Wildman–Crippen LogP) is 2.78. The first-order valence-corrected chi connectivity index (χ1v) is 7.63. The molecule has 2 aromatic rings. The van der Waals surface area contributed by atoms with Crippen LogP contribution in [0.5, 0.6) is 5.75 Å². The van der Waals surface area contributed by atoms with Gasteiger partial charge in [0.05, 0.1) is 20.3 Å². The van der Waals surface area contributed by atoms with Crippen LogP contribution in [0.25, 0.3) is 0 Å². The molecule has 1 N–H and O–H groups in total. The van der Waals surface area contributed by atoms with Crippen LogP contribution in [0.4, 0.5) is 0 Å². The van der Waals surface area contributed by atoms with Crippen LogP contribution >= 0.6 is 11.3 Å². The number of nitrogens with one attached hydrogen (secondary N) is 1. The summed E-state index contributed by atoms with van der Waals surface area (Å²) in [6.07, 6.45) is 0.984. The van der Waals surface area contributed by atoms with Crippen LogP contribution in [0.15, 0.2) is 30.3 Å². The van der Waals surface area contributed by atoms with E-state index in [0.717, 1.165) is 23.6 Å². The number of carbonyl (C=O) groups is 1. The van der Waals surface area contributed by atoms with E-state index in [9.17, 15) is 4.79 Å². The third-order valence-corrected chi connectivity index (χ3v) is 4.83. The van der Waals surface area contributed by atoms with Gasteiger partial charge < -0.3 is 14.8 Å². The molecular formula is C16H17NO3S. The first kappa shape index (κ1) is 14.1. The second kappa shape index (κ2) is 5.87. The summed E-state index contributed by atoms with van der Waals surface area (Å²) < 4.78 is 10.1. The van der Waals surface area contributed by atoms with Gasteiger partial charge in [0.25, 0.3) is 0 Å². The molecule has 0 radical (unpaired) electrons. The van der Waals surface area contributed by atoms with Crippen molar-refractivity contribution in [2.24, 2.45) is 0 Å². The molecule has 0 bridgehead atoms. The summed E-state index contributed by atoms with van der Waals surface area (Å²) in [4.78, 5) is 13.4. The Balaban J connectivity index is 1.94. The molecule has 21 heavy (non-hydrogen) atoms. The third kappa shape index (κ3) is 2.66. The standard InChI is InChI=1S/C16H17NO3S/c1-19-11-3-4-12-10(9-11)7-8-17-15(12)13-5-6-14(21-13)16(18)20-2/h3-6,9,15,17H,7-8H2,1-2H3. The average Bonchev–Trinajstić information content (AvgIpc) is 3.02. The van der Waals surface area contributed by atoms with Crippen molar-refractivity contribution in [3.8, 4) is 5.75 Å². The molecule has 1 unspecified atom stereocenters. The fraction of sp³-hybridized carbons (Fsp3) is 0.312. The van der Waals surface area contributed by atoms with Gasteiger partial charge in [-0.2, -0.15) is 0 Å². The highest BCUT2D eigenvalue weighted by Gasteiger charge is 2.24. The molecular weight excluding hydrogens is 286 g/mol. The molecule has 0 amide bonds. The summed E-state index contributed by atoms with van der Waals surface area (Å²) in [6, 6.07) is 10.1. The number of hydrogen-bond acceptors (Lipinski definition) is 5. The maximum absolute atomic E-state index is 11.6. The second-order valence-corrected chi connectivity index (χ2v) is 6.01. The highest BCUT2D eigenvalue weighted by molar-refractivity contribution is 7.14. The largest absolute Gasteiger partial charge is 0.497 e. The first-order chi connectivity index (χ1) is 10.2. The number of benzene rings is 1. The highest BCUT2D eigenvalue weighted by atomic mass is 32.1. The van der Waals surface area contributed by atoms with Crippen molar-refractivity contribution in [2.75, 3.05) is 20.8 Å². The van der Waals surface area contributed by atoms with E-state index >= 15 is 0 Å². The molecule has 0 saturated carbocycles. The van der Waals surface area contributed by atoms with Gasteiger partial charge in [0.2, 0.25) is 0 Å². The first-order valence-electron chi connectivity index (χ1n) is 6.81.